The van der Waals surface area contributed by atoms with E-state index in [-0.39, 0.29) is 18.0 Å². The lowest BCUT2D eigenvalue weighted by atomic mass is 10.2. The predicted molar refractivity (Wildman–Crippen MR) is 89.4 cm³/mol. The van der Waals surface area contributed by atoms with Gasteiger partial charge in [-0.3, -0.25) is 10.1 Å². The van der Waals surface area contributed by atoms with Gasteiger partial charge in [0, 0.05) is 37.2 Å². The second-order valence-corrected chi connectivity index (χ2v) is 5.89. The number of carbonyl (C=O) groups excluding carboxylic acids is 2. The number of anilines is 1. The first-order chi connectivity index (χ1) is 11.6. The van der Waals surface area contributed by atoms with Gasteiger partial charge in [0.15, 0.2) is 11.6 Å². The number of carbonyl (C=O) groups is 2. The zero-order chi connectivity index (χ0) is 16.9. The molecule has 2 aromatic rings. The molecule has 1 fully saturated rings. The van der Waals surface area contributed by atoms with E-state index in [2.05, 4.69) is 15.8 Å². The third-order valence-electron chi connectivity index (χ3n) is 3.85. The van der Waals surface area contributed by atoms with Crippen LogP contribution in [0.5, 0.6) is 0 Å². The highest BCUT2D eigenvalue weighted by Crippen LogP contribution is 2.21. The number of amides is 3. The molecule has 0 radical (unpaired) electrons. The van der Waals surface area contributed by atoms with Crippen molar-refractivity contribution in [2.24, 2.45) is 0 Å². The summed E-state index contributed by atoms with van der Waals surface area (Å²) >= 11 is 0. The summed E-state index contributed by atoms with van der Waals surface area (Å²) in [6.45, 7) is 3.14. The number of benzene rings is 1. The van der Waals surface area contributed by atoms with Gasteiger partial charge in [0.05, 0.1) is 0 Å². The fraction of sp³-hybridized carbons (Fsp3) is 0.353. The molecule has 1 aliphatic rings. The first kappa shape index (κ1) is 16.0. The lowest BCUT2D eigenvalue weighted by molar-refractivity contribution is -0.127. The summed E-state index contributed by atoms with van der Waals surface area (Å²) in [5.74, 6) is 1.07. The largest absolute Gasteiger partial charge is 0.354 e. The molecular weight excluding hydrogens is 308 g/mol. The van der Waals surface area contributed by atoms with Crippen LogP contribution < -0.4 is 10.6 Å². The van der Waals surface area contributed by atoms with Crippen LogP contribution in [0.3, 0.4) is 0 Å². The average molecular weight is 328 g/mol. The number of hydrogen-bond donors (Lipinski definition) is 2. The summed E-state index contributed by atoms with van der Waals surface area (Å²) in [5.41, 5.74) is 0.888. The number of rotatable bonds is 5. The quantitative estimate of drug-likeness (QED) is 0.882. The average Bonchev–Trinajstić information content (AvgIpc) is 3.18. The third-order valence-corrected chi connectivity index (χ3v) is 3.85. The summed E-state index contributed by atoms with van der Waals surface area (Å²) in [5, 5.41) is 9.28. The zero-order valence-corrected chi connectivity index (χ0v) is 13.5. The molecule has 0 saturated carbocycles. The molecule has 3 amide bonds. The molecule has 1 saturated heterocycles. The monoisotopic (exact) mass is 328 g/mol. The van der Waals surface area contributed by atoms with Crippen molar-refractivity contribution in [3.8, 4) is 11.3 Å². The van der Waals surface area contributed by atoms with Crippen LogP contribution in [0, 0.1) is 0 Å². The van der Waals surface area contributed by atoms with Gasteiger partial charge in [-0.25, -0.2) is 4.79 Å². The van der Waals surface area contributed by atoms with E-state index in [0.29, 0.717) is 24.5 Å². The van der Waals surface area contributed by atoms with E-state index >= 15 is 0 Å². The van der Waals surface area contributed by atoms with Crippen LogP contribution in [0.15, 0.2) is 40.9 Å². The van der Waals surface area contributed by atoms with E-state index in [0.717, 1.165) is 18.5 Å². The third kappa shape index (κ3) is 3.92. The molecule has 3 rings (SSSR count). The molecule has 2 N–H and O–H groups in total. The Labute approximate surface area is 140 Å². The van der Waals surface area contributed by atoms with E-state index in [9.17, 15) is 9.59 Å². The first-order valence-corrected chi connectivity index (χ1v) is 7.99. The van der Waals surface area contributed by atoms with Gasteiger partial charge in [0.1, 0.15) is 0 Å². The Bertz CT molecular complexity index is 714. The number of hydrogen-bond acceptors (Lipinski definition) is 4. The van der Waals surface area contributed by atoms with E-state index in [1.807, 2.05) is 37.3 Å². The van der Waals surface area contributed by atoms with Crippen molar-refractivity contribution in [3.63, 3.8) is 0 Å². The van der Waals surface area contributed by atoms with Gasteiger partial charge in [0.25, 0.3) is 0 Å². The number of nitrogens with one attached hydrogen (secondary N) is 2. The minimum absolute atomic E-state index is 0.146. The van der Waals surface area contributed by atoms with Gasteiger partial charge in [-0.1, -0.05) is 35.5 Å². The van der Waals surface area contributed by atoms with Crippen molar-refractivity contribution in [1.29, 1.82) is 0 Å². The summed E-state index contributed by atoms with van der Waals surface area (Å²) in [7, 11) is 0. The highest BCUT2D eigenvalue weighted by molar-refractivity contribution is 5.89. The van der Waals surface area contributed by atoms with Crippen LogP contribution in [-0.4, -0.2) is 41.1 Å². The van der Waals surface area contributed by atoms with Gasteiger partial charge < -0.3 is 14.7 Å². The second kappa shape index (κ2) is 7.16. The lowest BCUT2D eigenvalue weighted by Gasteiger charge is -2.21. The lowest BCUT2D eigenvalue weighted by Crippen LogP contribution is -2.44. The van der Waals surface area contributed by atoms with E-state index in [1.165, 1.54) is 0 Å². The maximum atomic E-state index is 12.0. The van der Waals surface area contributed by atoms with Crippen molar-refractivity contribution in [1.82, 2.24) is 15.4 Å². The summed E-state index contributed by atoms with van der Waals surface area (Å²) in [4.78, 5) is 25.4. The Kier molecular flexibility index (Phi) is 4.79. The molecule has 0 aliphatic carbocycles. The molecular formula is C17H20N4O3. The SMILES string of the molecule is CC(CN1CCCC1=O)NC(=O)Nc1cc(-c2ccccc2)on1. The van der Waals surface area contributed by atoms with Crippen molar-refractivity contribution >= 4 is 17.8 Å². The maximum Gasteiger partial charge on any atom is 0.320 e. The summed E-state index contributed by atoms with van der Waals surface area (Å²) in [6.07, 6.45) is 1.49. The number of nitrogens with zero attached hydrogens (tertiary/aromatic N) is 2. The van der Waals surface area contributed by atoms with Crippen LogP contribution in [0.1, 0.15) is 19.8 Å². The van der Waals surface area contributed by atoms with E-state index in [4.69, 9.17) is 4.52 Å². The molecule has 2 heterocycles. The Morgan fingerprint density at radius 1 is 1.38 bits per heavy atom. The van der Waals surface area contributed by atoms with Crippen molar-refractivity contribution < 1.29 is 14.1 Å². The van der Waals surface area contributed by atoms with Crippen LogP contribution in [0.4, 0.5) is 10.6 Å². The van der Waals surface area contributed by atoms with Crippen LogP contribution >= 0.6 is 0 Å². The Morgan fingerprint density at radius 2 is 2.17 bits per heavy atom. The molecule has 1 aromatic carbocycles. The van der Waals surface area contributed by atoms with Crippen LogP contribution in [0.2, 0.25) is 0 Å². The highest BCUT2D eigenvalue weighted by atomic mass is 16.5. The van der Waals surface area contributed by atoms with Gasteiger partial charge in [0.2, 0.25) is 5.91 Å². The minimum Gasteiger partial charge on any atom is -0.354 e. The van der Waals surface area contributed by atoms with Gasteiger partial charge in [-0.15, -0.1) is 0 Å². The molecule has 24 heavy (non-hydrogen) atoms. The molecule has 1 aromatic heterocycles. The topological polar surface area (TPSA) is 87.5 Å². The predicted octanol–water partition coefficient (Wildman–Crippen LogP) is 2.47. The Morgan fingerprint density at radius 3 is 2.88 bits per heavy atom. The fourth-order valence-electron chi connectivity index (χ4n) is 2.72. The van der Waals surface area contributed by atoms with Crippen LogP contribution in [0.25, 0.3) is 11.3 Å². The van der Waals surface area contributed by atoms with E-state index in [1.54, 1.807) is 11.0 Å². The van der Waals surface area contributed by atoms with Crippen molar-refractivity contribution in [2.75, 3.05) is 18.4 Å². The molecule has 1 aliphatic heterocycles. The molecule has 126 valence electrons. The number of likely N-dealkylation sites (tertiary alicyclic amines) is 1. The van der Waals surface area contributed by atoms with Gasteiger partial charge in [-0.05, 0) is 13.3 Å². The fourth-order valence-corrected chi connectivity index (χ4v) is 2.72. The van der Waals surface area contributed by atoms with Gasteiger partial charge in [-0.2, -0.15) is 0 Å². The van der Waals surface area contributed by atoms with Gasteiger partial charge >= 0.3 is 6.03 Å². The summed E-state index contributed by atoms with van der Waals surface area (Å²) in [6, 6.07) is 10.7. The van der Waals surface area contributed by atoms with E-state index < -0.39 is 0 Å². The smallest absolute Gasteiger partial charge is 0.320 e. The molecule has 0 spiro atoms. The summed E-state index contributed by atoms with van der Waals surface area (Å²) < 4.78 is 5.23. The highest BCUT2D eigenvalue weighted by Gasteiger charge is 2.22. The van der Waals surface area contributed by atoms with Crippen molar-refractivity contribution in [3.05, 3.63) is 36.4 Å². The standard InChI is InChI=1S/C17H20N4O3/c1-12(11-21-9-5-8-16(21)22)18-17(23)19-15-10-14(24-20-15)13-6-3-2-4-7-13/h2-4,6-7,10,12H,5,8-9,11H2,1H3,(H2,18,19,20,23). The van der Waals surface area contributed by atoms with Crippen LogP contribution in [-0.2, 0) is 4.79 Å². The normalized spacial score (nSPS) is 15.4. The number of urea groups is 1. The Balaban J connectivity index is 1.51. The van der Waals surface area contributed by atoms with Crippen molar-refractivity contribution in [2.45, 2.75) is 25.8 Å². The minimum atomic E-state index is -0.373. The Hall–Kier alpha value is -2.83. The maximum absolute atomic E-state index is 12.0. The zero-order valence-electron chi connectivity index (χ0n) is 13.5. The molecule has 7 heteroatoms. The molecule has 1 atom stereocenters. The molecule has 0 bridgehead atoms. The molecule has 7 nitrogen and oxygen atoms in total. The molecule has 1 unspecified atom stereocenters. The second-order valence-electron chi connectivity index (χ2n) is 5.89. The first-order valence-electron chi connectivity index (χ1n) is 7.99. The number of aromatic nitrogens is 1.